The van der Waals surface area contributed by atoms with Crippen molar-refractivity contribution in [3.8, 4) is 0 Å². The third-order valence-electron chi connectivity index (χ3n) is 5.25. The second-order valence-corrected chi connectivity index (χ2v) is 7.53. The van der Waals surface area contributed by atoms with Crippen LogP contribution in [0.5, 0.6) is 0 Å². The van der Waals surface area contributed by atoms with Crippen molar-refractivity contribution in [2.24, 2.45) is 16.7 Å². The summed E-state index contributed by atoms with van der Waals surface area (Å²) in [5.41, 5.74) is 1.08. The van der Waals surface area contributed by atoms with E-state index in [1.54, 1.807) is 0 Å². The van der Waals surface area contributed by atoms with Crippen LogP contribution in [0.25, 0.3) is 0 Å². The third kappa shape index (κ3) is 2.15. The van der Waals surface area contributed by atoms with E-state index in [2.05, 4.69) is 46.9 Å². The highest BCUT2D eigenvalue weighted by Crippen LogP contribution is 2.74. The van der Waals surface area contributed by atoms with E-state index < -0.39 is 0 Å². The summed E-state index contributed by atoms with van der Waals surface area (Å²) in [5.74, 6) is 0.820. The molecule has 1 spiro atoms. The summed E-state index contributed by atoms with van der Waals surface area (Å²) in [6.07, 6.45) is 2.46. The van der Waals surface area contributed by atoms with Crippen LogP contribution in [0.15, 0.2) is 0 Å². The molecular formula is C15H29NO. The van der Waals surface area contributed by atoms with Crippen molar-refractivity contribution < 1.29 is 4.74 Å². The Bertz CT molecular complexity index is 295. The van der Waals surface area contributed by atoms with Gasteiger partial charge in [0.15, 0.2) is 0 Å². The predicted octanol–water partition coefficient (Wildman–Crippen LogP) is 3.22. The summed E-state index contributed by atoms with van der Waals surface area (Å²) in [6.45, 7) is 16.0. The maximum Gasteiger partial charge on any atom is 0.0632 e. The van der Waals surface area contributed by atoms with E-state index in [0.29, 0.717) is 16.9 Å². The van der Waals surface area contributed by atoms with Gasteiger partial charge < -0.3 is 10.1 Å². The maximum absolute atomic E-state index is 5.89. The Morgan fingerprint density at radius 3 is 2.41 bits per heavy atom. The fourth-order valence-electron chi connectivity index (χ4n) is 4.12. The Balaban J connectivity index is 2.05. The maximum atomic E-state index is 5.89. The first-order valence-electron chi connectivity index (χ1n) is 7.09. The van der Waals surface area contributed by atoms with E-state index >= 15 is 0 Å². The minimum absolute atomic E-state index is 0.0715. The van der Waals surface area contributed by atoms with Crippen molar-refractivity contribution in [2.75, 3.05) is 13.2 Å². The van der Waals surface area contributed by atoms with Gasteiger partial charge in [-0.1, -0.05) is 27.7 Å². The average molecular weight is 239 g/mol. The molecule has 1 heterocycles. The van der Waals surface area contributed by atoms with Crippen LogP contribution in [0.3, 0.4) is 0 Å². The SMILES string of the molecule is CC(C)NCC1C(C)(C)C12CCOC(C)(C)C2. The first kappa shape index (κ1) is 13.4. The zero-order chi connectivity index (χ0) is 12.9. The molecule has 2 aliphatic rings. The molecule has 2 fully saturated rings. The van der Waals surface area contributed by atoms with Crippen molar-refractivity contribution >= 4 is 0 Å². The third-order valence-corrected chi connectivity index (χ3v) is 5.25. The molecule has 2 atom stereocenters. The normalized spacial score (nSPS) is 38.6. The molecule has 17 heavy (non-hydrogen) atoms. The second-order valence-electron chi connectivity index (χ2n) is 7.53. The lowest BCUT2D eigenvalue weighted by atomic mass is 9.80. The molecule has 0 bridgehead atoms. The number of ether oxygens (including phenoxy) is 1. The van der Waals surface area contributed by atoms with E-state index in [-0.39, 0.29) is 5.60 Å². The van der Waals surface area contributed by atoms with Gasteiger partial charge in [-0.15, -0.1) is 0 Å². The van der Waals surface area contributed by atoms with Crippen molar-refractivity contribution in [3.05, 3.63) is 0 Å². The number of hydrogen-bond acceptors (Lipinski definition) is 2. The lowest BCUT2D eigenvalue weighted by Crippen LogP contribution is -2.38. The zero-order valence-electron chi connectivity index (χ0n) is 12.4. The summed E-state index contributed by atoms with van der Waals surface area (Å²) < 4.78 is 5.89. The first-order chi connectivity index (χ1) is 7.71. The van der Waals surface area contributed by atoms with E-state index in [1.165, 1.54) is 19.4 Å². The molecule has 1 aliphatic heterocycles. The van der Waals surface area contributed by atoms with E-state index in [9.17, 15) is 0 Å². The van der Waals surface area contributed by atoms with Crippen LogP contribution in [-0.4, -0.2) is 24.8 Å². The van der Waals surface area contributed by atoms with Crippen molar-refractivity contribution in [1.82, 2.24) is 5.32 Å². The molecule has 2 nitrogen and oxygen atoms in total. The topological polar surface area (TPSA) is 21.3 Å². The standard InChI is InChI=1S/C15H29NO/c1-11(2)16-9-12-14(5,6)15(12)7-8-17-13(3,4)10-15/h11-12,16H,7-10H2,1-6H3. The van der Waals surface area contributed by atoms with Gasteiger partial charge in [-0.3, -0.25) is 0 Å². The molecule has 0 aromatic carbocycles. The van der Waals surface area contributed by atoms with Crippen LogP contribution in [0.2, 0.25) is 0 Å². The van der Waals surface area contributed by atoms with Gasteiger partial charge >= 0.3 is 0 Å². The summed E-state index contributed by atoms with van der Waals surface area (Å²) >= 11 is 0. The Morgan fingerprint density at radius 1 is 1.24 bits per heavy atom. The van der Waals surface area contributed by atoms with Crippen LogP contribution in [0.1, 0.15) is 54.4 Å². The van der Waals surface area contributed by atoms with Gasteiger partial charge in [0.1, 0.15) is 0 Å². The van der Waals surface area contributed by atoms with Gasteiger partial charge in [0.2, 0.25) is 0 Å². The molecule has 1 saturated carbocycles. The largest absolute Gasteiger partial charge is 0.376 e. The highest BCUT2D eigenvalue weighted by atomic mass is 16.5. The van der Waals surface area contributed by atoms with Gasteiger partial charge in [0.25, 0.3) is 0 Å². The lowest BCUT2D eigenvalue weighted by molar-refractivity contribution is -0.0882. The van der Waals surface area contributed by atoms with Crippen LogP contribution in [0.4, 0.5) is 0 Å². The van der Waals surface area contributed by atoms with Gasteiger partial charge in [-0.05, 0) is 50.0 Å². The second kappa shape index (κ2) is 3.96. The van der Waals surface area contributed by atoms with Gasteiger partial charge in [-0.25, -0.2) is 0 Å². The number of nitrogens with one attached hydrogen (secondary N) is 1. The highest BCUT2D eigenvalue weighted by molar-refractivity contribution is 5.20. The Morgan fingerprint density at radius 2 is 1.88 bits per heavy atom. The first-order valence-corrected chi connectivity index (χ1v) is 7.09. The molecule has 1 aliphatic carbocycles. The van der Waals surface area contributed by atoms with Crippen LogP contribution in [-0.2, 0) is 4.74 Å². The van der Waals surface area contributed by atoms with Gasteiger partial charge in [0, 0.05) is 12.6 Å². The fourth-order valence-corrected chi connectivity index (χ4v) is 4.12. The summed E-state index contributed by atoms with van der Waals surface area (Å²) in [5, 5.41) is 3.62. The van der Waals surface area contributed by atoms with Crippen LogP contribution in [0, 0.1) is 16.7 Å². The quantitative estimate of drug-likeness (QED) is 0.816. The number of rotatable bonds is 3. The highest BCUT2D eigenvalue weighted by Gasteiger charge is 2.71. The predicted molar refractivity (Wildman–Crippen MR) is 72.1 cm³/mol. The minimum Gasteiger partial charge on any atom is -0.376 e. The van der Waals surface area contributed by atoms with Gasteiger partial charge in [0.05, 0.1) is 5.60 Å². The molecule has 0 radical (unpaired) electrons. The molecule has 1 saturated heterocycles. The zero-order valence-corrected chi connectivity index (χ0v) is 12.4. The molecule has 2 unspecified atom stereocenters. The molecule has 100 valence electrons. The summed E-state index contributed by atoms with van der Waals surface area (Å²) in [7, 11) is 0. The fraction of sp³-hybridized carbons (Fsp3) is 1.00. The Kier molecular flexibility index (Phi) is 3.11. The molecule has 0 amide bonds. The van der Waals surface area contributed by atoms with E-state index in [0.717, 1.165) is 12.5 Å². The molecule has 2 rings (SSSR count). The summed E-state index contributed by atoms with van der Waals surface area (Å²) in [4.78, 5) is 0. The van der Waals surface area contributed by atoms with E-state index in [1.807, 2.05) is 0 Å². The summed E-state index contributed by atoms with van der Waals surface area (Å²) in [6, 6.07) is 0.594. The monoisotopic (exact) mass is 239 g/mol. The van der Waals surface area contributed by atoms with Crippen molar-refractivity contribution in [2.45, 2.75) is 66.0 Å². The lowest BCUT2D eigenvalue weighted by Gasteiger charge is -2.38. The van der Waals surface area contributed by atoms with Gasteiger partial charge in [-0.2, -0.15) is 0 Å². The minimum atomic E-state index is 0.0715. The molecule has 0 aromatic rings. The van der Waals surface area contributed by atoms with Crippen molar-refractivity contribution in [3.63, 3.8) is 0 Å². The molecule has 1 N–H and O–H groups in total. The molecular weight excluding hydrogens is 210 g/mol. The van der Waals surface area contributed by atoms with E-state index in [4.69, 9.17) is 4.74 Å². The molecule has 0 aromatic heterocycles. The molecule has 2 heteroatoms. The smallest absolute Gasteiger partial charge is 0.0632 e. The van der Waals surface area contributed by atoms with Crippen molar-refractivity contribution in [1.29, 1.82) is 0 Å². The number of hydrogen-bond donors (Lipinski definition) is 1. The Hall–Kier alpha value is -0.0800. The van der Waals surface area contributed by atoms with Crippen LogP contribution >= 0.6 is 0 Å². The van der Waals surface area contributed by atoms with Crippen LogP contribution < -0.4 is 5.32 Å². The average Bonchev–Trinajstić information content (AvgIpc) is 2.56. The Labute approximate surface area is 107 Å².